The number of aryl methyl sites for hydroxylation is 1. The molecule has 5 nitrogen and oxygen atoms in total. The Morgan fingerprint density at radius 2 is 1.94 bits per heavy atom. The van der Waals surface area contributed by atoms with E-state index in [1.54, 1.807) is 6.21 Å². The lowest BCUT2D eigenvalue weighted by Gasteiger charge is -2.10. The van der Waals surface area contributed by atoms with E-state index in [9.17, 15) is 4.79 Å². The molecule has 0 atom stereocenters. The minimum atomic E-state index is -0.190. The highest BCUT2D eigenvalue weighted by molar-refractivity contribution is 7.99. The lowest BCUT2D eigenvalue weighted by molar-refractivity contribution is -0.118. The third-order valence-electron chi connectivity index (χ3n) is 4.68. The number of imidazole rings is 1. The number of carbonyl (C=O) groups excluding carboxylic acids is 1. The number of hydrogen-bond donors (Lipinski definition) is 1. The zero-order valence-corrected chi connectivity index (χ0v) is 18.5. The molecule has 0 saturated heterocycles. The second-order valence-electron chi connectivity index (χ2n) is 7.06. The molecule has 0 spiro atoms. The molecule has 0 aliphatic heterocycles. The summed E-state index contributed by atoms with van der Waals surface area (Å²) in [7, 11) is 0. The molecule has 3 aromatic carbocycles. The van der Waals surface area contributed by atoms with Crippen LogP contribution in [-0.4, -0.2) is 27.4 Å². The van der Waals surface area contributed by atoms with Crippen molar-refractivity contribution in [2.45, 2.75) is 18.6 Å². The molecule has 0 aliphatic carbocycles. The first-order valence-electron chi connectivity index (χ1n) is 9.80. The van der Waals surface area contributed by atoms with Crippen molar-refractivity contribution in [3.8, 4) is 0 Å². The van der Waals surface area contributed by atoms with Gasteiger partial charge in [-0.25, -0.2) is 10.4 Å². The number of carbonyl (C=O) groups is 1. The standard InChI is InChI=1S/C24H21ClN4OS/c1-17-7-6-8-18(13-17)14-26-28-23(30)16-31-24-27-21-11-4-5-12-22(21)29(24)15-19-9-2-3-10-20(19)25/h2-14H,15-16H2,1H3,(H,28,30)/b26-14-. The van der Waals surface area contributed by atoms with Crippen molar-refractivity contribution in [2.75, 3.05) is 5.75 Å². The fraction of sp³-hybridized carbons (Fsp3) is 0.125. The topological polar surface area (TPSA) is 59.3 Å². The summed E-state index contributed by atoms with van der Waals surface area (Å²) in [4.78, 5) is 17.0. The summed E-state index contributed by atoms with van der Waals surface area (Å²) in [6.07, 6.45) is 1.64. The van der Waals surface area contributed by atoms with Gasteiger partial charge in [0.15, 0.2) is 5.16 Å². The zero-order chi connectivity index (χ0) is 21.6. The molecule has 0 radical (unpaired) electrons. The highest BCUT2D eigenvalue weighted by Gasteiger charge is 2.14. The number of amides is 1. The number of nitrogens with zero attached hydrogens (tertiary/aromatic N) is 3. The summed E-state index contributed by atoms with van der Waals surface area (Å²) in [6.45, 7) is 2.59. The van der Waals surface area contributed by atoms with Gasteiger partial charge in [0.05, 0.1) is 29.5 Å². The first kappa shape index (κ1) is 21.2. The van der Waals surface area contributed by atoms with Crippen LogP contribution in [0.2, 0.25) is 5.02 Å². The van der Waals surface area contributed by atoms with Crippen LogP contribution in [0.25, 0.3) is 11.0 Å². The highest BCUT2D eigenvalue weighted by atomic mass is 35.5. The average molecular weight is 449 g/mol. The quantitative estimate of drug-likeness (QED) is 0.237. The normalized spacial score (nSPS) is 11.3. The third-order valence-corrected chi connectivity index (χ3v) is 6.03. The van der Waals surface area contributed by atoms with Gasteiger partial charge in [-0.05, 0) is 36.2 Å². The second kappa shape index (κ2) is 9.81. The maximum Gasteiger partial charge on any atom is 0.250 e. The van der Waals surface area contributed by atoms with Crippen molar-refractivity contribution in [3.05, 3.63) is 94.5 Å². The van der Waals surface area contributed by atoms with E-state index in [1.807, 2.05) is 79.7 Å². The number of para-hydroxylation sites is 2. The van der Waals surface area contributed by atoms with E-state index in [2.05, 4.69) is 15.1 Å². The number of nitrogens with one attached hydrogen (secondary N) is 1. The number of fused-ring (bicyclic) bond motifs is 1. The molecule has 31 heavy (non-hydrogen) atoms. The molecule has 0 aliphatic rings. The van der Waals surface area contributed by atoms with Crippen molar-refractivity contribution < 1.29 is 4.79 Å². The van der Waals surface area contributed by atoms with E-state index in [-0.39, 0.29) is 11.7 Å². The van der Waals surface area contributed by atoms with E-state index in [4.69, 9.17) is 16.6 Å². The van der Waals surface area contributed by atoms with E-state index >= 15 is 0 Å². The summed E-state index contributed by atoms with van der Waals surface area (Å²) in [5.41, 5.74) is 7.55. The zero-order valence-electron chi connectivity index (χ0n) is 17.0. The molecule has 4 aromatic rings. The van der Waals surface area contributed by atoms with Crippen molar-refractivity contribution in [1.82, 2.24) is 15.0 Å². The van der Waals surface area contributed by atoms with Crippen LogP contribution in [0, 0.1) is 6.92 Å². The number of hydrogen-bond acceptors (Lipinski definition) is 4. The molecular formula is C24H21ClN4OS. The Morgan fingerprint density at radius 1 is 1.13 bits per heavy atom. The molecular weight excluding hydrogens is 428 g/mol. The van der Waals surface area contributed by atoms with Gasteiger partial charge >= 0.3 is 0 Å². The smallest absolute Gasteiger partial charge is 0.250 e. The van der Waals surface area contributed by atoms with Crippen molar-refractivity contribution in [1.29, 1.82) is 0 Å². The molecule has 1 amide bonds. The van der Waals surface area contributed by atoms with Crippen LogP contribution in [0.1, 0.15) is 16.7 Å². The maximum atomic E-state index is 12.3. The van der Waals surface area contributed by atoms with Gasteiger partial charge in [0.2, 0.25) is 0 Å². The molecule has 156 valence electrons. The van der Waals surface area contributed by atoms with Gasteiger partial charge in [0, 0.05) is 5.02 Å². The Morgan fingerprint density at radius 3 is 2.77 bits per heavy atom. The molecule has 0 saturated carbocycles. The number of benzene rings is 3. The fourth-order valence-corrected chi connectivity index (χ4v) is 4.21. The van der Waals surface area contributed by atoms with Gasteiger partial charge in [-0.15, -0.1) is 0 Å². The largest absolute Gasteiger partial charge is 0.314 e. The minimum Gasteiger partial charge on any atom is -0.314 e. The first-order chi connectivity index (χ1) is 15.1. The third kappa shape index (κ3) is 5.34. The lowest BCUT2D eigenvalue weighted by Crippen LogP contribution is -2.20. The van der Waals surface area contributed by atoms with Crippen LogP contribution in [0.4, 0.5) is 0 Å². The van der Waals surface area contributed by atoms with Crippen LogP contribution < -0.4 is 5.43 Å². The van der Waals surface area contributed by atoms with E-state index < -0.39 is 0 Å². The summed E-state index contributed by atoms with van der Waals surface area (Å²) < 4.78 is 2.09. The minimum absolute atomic E-state index is 0.190. The molecule has 1 aromatic heterocycles. The number of halogens is 1. The van der Waals surface area contributed by atoms with Crippen LogP contribution in [0.15, 0.2) is 83.1 Å². The van der Waals surface area contributed by atoms with Gasteiger partial charge in [0.1, 0.15) is 0 Å². The Bertz CT molecular complexity index is 1250. The van der Waals surface area contributed by atoms with Gasteiger partial charge in [0.25, 0.3) is 5.91 Å². The Labute approximate surface area is 190 Å². The maximum absolute atomic E-state index is 12.3. The van der Waals surface area contributed by atoms with Crippen LogP contribution in [-0.2, 0) is 11.3 Å². The van der Waals surface area contributed by atoms with Gasteiger partial charge in [-0.1, -0.05) is 83.5 Å². The van der Waals surface area contributed by atoms with Gasteiger partial charge in [-0.3, -0.25) is 4.79 Å². The molecule has 0 bridgehead atoms. The van der Waals surface area contributed by atoms with Crippen LogP contribution in [0.5, 0.6) is 0 Å². The number of hydrazone groups is 1. The molecule has 0 fully saturated rings. The van der Waals surface area contributed by atoms with Gasteiger partial charge < -0.3 is 4.57 Å². The summed E-state index contributed by atoms with van der Waals surface area (Å²) in [6, 6.07) is 23.6. The number of aromatic nitrogens is 2. The Hall–Kier alpha value is -3.09. The molecule has 0 unspecified atom stereocenters. The predicted octanol–water partition coefficient (Wildman–Crippen LogP) is 5.29. The fourth-order valence-electron chi connectivity index (χ4n) is 3.20. The monoisotopic (exact) mass is 448 g/mol. The van der Waals surface area contributed by atoms with Crippen LogP contribution in [0.3, 0.4) is 0 Å². The Kier molecular flexibility index (Phi) is 6.70. The number of rotatable bonds is 7. The van der Waals surface area contributed by atoms with Crippen molar-refractivity contribution in [3.63, 3.8) is 0 Å². The first-order valence-corrected chi connectivity index (χ1v) is 11.2. The van der Waals surface area contributed by atoms with Crippen molar-refractivity contribution >= 4 is 46.5 Å². The Balaban J connectivity index is 1.46. The summed E-state index contributed by atoms with van der Waals surface area (Å²) >= 11 is 7.75. The molecule has 1 N–H and O–H groups in total. The molecule has 1 heterocycles. The molecule has 4 rings (SSSR count). The summed E-state index contributed by atoms with van der Waals surface area (Å²) in [5, 5.41) is 5.53. The predicted molar refractivity (Wildman–Crippen MR) is 128 cm³/mol. The van der Waals surface area contributed by atoms with Crippen LogP contribution >= 0.6 is 23.4 Å². The van der Waals surface area contributed by atoms with E-state index in [0.29, 0.717) is 11.6 Å². The number of thioether (sulfide) groups is 1. The highest BCUT2D eigenvalue weighted by Crippen LogP contribution is 2.27. The van der Waals surface area contributed by atoms with Gasteiger partial charge in [-0.2, -0.15) is 5.10 Å². The van der Waals surface area contributed by atoms with Crippen molar-refractivity contribution in [2.24, 2.45) is 5.10 Å². The van der Waals surface area contributed by atoms with E-state index in [1.165, 1.54) is 11.8 Å². The second-order valence-corrected chi connectivity index (χ2v) is 8.41. The molecule has 7 heteroatoms. The SMILES string of the molecule is Cc1cccc(/C=N\NC(=O)CSc2nc3ccccc3n2Cc2ccccc2Cl)c1. The summed E-state index contributed by atoms with van der Waals surface area (Å²) in [5.74, 6) is 0.0158. The average Bonchev–Trinajstić information content (AvgIpc) is 3.11. The van der Waals surface area contributed by atoms with E-state index in [0.717, 1.165) is 32.9 Å². The lowest BCUT2D eigenvalue weighted by atomic mass is 10.2.